The summed E-state index contributed by atoms with van der Waals surface area (Å²) in [5, 5.41) is 8.72. The lowest BCUT2D eigenvalue weighted by Gasteiger charge is -2.01. The van der Waals surface area contributed by atoms with Crippen LogP contribution in [0.25, 0.3) is 11.3 Å². The molecular weight excluding hydrogens is 229 g/mol. The van der Waals surface area contributed by atoms with E-state index in [-0.39, 0.29) is 16.8 Å². The second-order valence-electron chi connectivity index (χ2n) is 3.03. The highest BCUT2D eigenvalue weighted by molar-refractivity contribution is 6.28. The lowest BCUT2D eigenvalue weighted by atomic mass is 10.1. The normalized spacial score (nSPS) is 9.81. The Kier molecular flexibility index (Phi) is 2.80. The van der Waals surface area contributed by atoms with Crippen molar-refractivity contribution in [2.45, 2.75) is 0 Å². The van der Waals surface area contributed by atoms with Crippen LogP contribution in [0, 0.1) is 17.1 Å². The SMILES string of the molecule is N#Cc1cc(-c2ccc(F)cc2)nc(Cl)n1. The van der Waals surface area contributed by atoms with Gasteiger partial charge in [-0.2, -0.15) is 5.26 Å². The summed E-state index contributed by atoms with van der Waals surface area (Å²) in [6, 6.07) is 9.14. The quantitative estimate of drug-likeness (QED) is 0.712. The highest BCUT2D eigenvalue weighted by Crippen LogP contribution is 2.19. The fourth-order valence-electron chi connectivity index (χ4n) is 1.24. The predicted octanol–water partition coefficient (Wildman–Crippen LogP) is 2.81. The van der Waals surface area contributed by atoms with E-state index in [9.17, 15) is 4.39 Å². The van der Waals surface area contributed by atoms with Gasteiger partial charge in [0.1, 0.15) is 17.6 Å². The van der Waals surface area contributed by atoms with Gasteiger partial charge in [-0.05, 0) is 35.9 Å². The fourth-order valence-corrected chi connectivity index (χ4v) is 1.43. The maximum absolute atomic E-state index is 12.7. The van der Waals surface area contributed by atoms with Crippen molar-refractivity contribution in [1.29, 1.82) is 5.26 Å². The van der Waals surface area contributed by atoms with Crippen LogP contribution in [-0.2, 0) is 0 Å². The van der Waals surface area contributed by atoms with Crippen molar-refractivity contribution in [3.05, 3.63) is 47.1 Å². The molecule has 16 heavy (non-hydrogen) atoms. The zero-order valence-electron chi connectivity index (χ0n) is 7.98. The monoisotopic (exact) mass is 233 g/mol. The summed E-state index contributed by atoms with van der Waals surface area (Å²) >= 11 is 5.66. The van der Waals surface area contributed by atoms with Crippen molar-refractivity contribution in [1.82, 2.24) is 9.97 Å². The molecule has 3 nitrogen and oxygen atoms in total. The van der Waals surface area contributed by atoms with Crippen molar-refractivity contribution in [2.24, 2.45) is 0 Å². The molecule has 78 valence electrons. The highest BCUT2D eigenvalue weighted by Gasteiger charge is 2.05. The van der Waals surface area contributed by atoms with Gasteiger partial charge < -0.3 is 0 Å². The maximum atomic E-state index is 12.7. The number of rotatable bonds is 1. The van der Waals surface area contributed by atoms with E-state index in [1.54, 1.807) is 12.1 Å². The van der Waals surface area contributed by atoms with Crippen LogP contribution < -0.4 is 0 Å². The number of hydrogen-bond acceptors (Lipinski definition) is 3. The van der Waals surface area contributed by atoms with E-state index in [0.29, 0.717) is 11.3 Å². The first-order valence-corrected chi connectivity index (χ1v) is 4.77. The molecule has 1 heterocycles. The number of nitrogens with zero attached hydrogens (tertiary/aromatic N) is 3. The second-order valence-corrected chi connectivity index (χ2v) is 3.36. The lowest BCUT2D eigenvalue weighted by molar-refractivity contribution is 0.628. The Labute approximate surface area is 96.2 Å². The summed E-state index contributed by atoms with van der Waals surface area (Å²) < 4.78 is 12.7. The van der Waals surface area contributed by atoms with E-state index in [1.807, 2.05) is 6.07 Å². The number of aromatic nitrogens is 2. The number of nitriles is 1. The van der Waals surface area contributed by atoms with Crippen molar-refractivity contribution < 1.29 is 4.39 Å². The molecule has 0 amide bonds. The number of hydrogen-bond donors (Lipinski definition) is 0. The Morgan fingerprint density at radius 1 is 1.19 bits per heavy atom. The van der Waals surface area contributed by atoms with E-state index < -0.39 is 0 Å². The molecule has 0 saturated carbocycles. The highest BCUT2D eigenvalue weighted by atomic mass is 35.5. The third-order valence-electron chi connectivity index (χ3n) is 1.95. The largest absolute Gasteiger partial charge is 0.224 e. The van der Waals surface area contributed by atoms with E-state index in [4.69, 9.17) is 16.9 Å². The van der Waals surface area contributed by atoms with Gasteiger partial charge in [-0.3, -0.25) is 0 Å². The summed E-state index contributed by atoms with van der Waals surface area (Å²) in [4.78, 5) is 7.68. The average molecular weight is 234 g/mol. The Hall–Kier alpha value is -1.99. The average Bonchev–Trinajstić information content (AvgIpc) is 2.29. The minimum Gasteiger partial charge on any atom is -0.218 e. The van der Waals surface area contributed by atoms with Crippen LogP contribution in [0.4, 0.5) is 4.39 Å². The summed E-state index contributed by atoms with van der Waals surface area (Å²) in [7, 11) is 0. The molecule has 0 aliphatic carbocycles. The van der Waals surface area contributed by atoms with Crippen molar-refractivity contribution in [3.63, 3.8) is 0 Å². The predicted molar refractivity (Wildman–Crippen MR) is 57.2 cm³/mol. The van der Waals surface area contributed by atoms with Gasteiger partial charge in [0, 0.05) is 11.6 Å². The standard InChI is InChI=1S/C11H5ClFN3/c12-11-15-9(6-14)5-10(16-11)7-1-3-8(13)4-2-7/h1-5H. The summed E-state index contributed by atoms with van der Waals surface area (Å²) in [5.74, 6) is -0.329. The first kappa shape index (κ1) is 10.5. The molecule has 0 saturated heterocycles. The molecule has 0 bridgehead atoms. The van der Waals surface area contributed by atoms with Crippen LogP contribution in [0.1, 0.15) is 5.69 Å². The van der Waals surface area contributed by atoms with Gasteiger partial charge in [0.05, 0.1) is 5.69 Å². The van der Waals surface area contributed by atoms with Crippen molar-refractivity contribution in [3.8, 4) is 17.3 Å². The van der Waals surface area contributed by atoms with E-state index in [2.05, 4.69) is 9.97 Å². The molecule has 0 aliphatic heterocycles. The molecule has 2 aromatic rings. The van der Waals surface area contributed by atoms with E-state index in [0.717, 1.165) is 0 Å². The van der Waals surface area contributed by atoms with Gasteiger partial charge >= 0.3 is 0 Å². The zero-order chi connectivity index (χ0) is 11.5. The minimum absolute atomic E-state index is 0.00150. The molecule has 0 aliphatic rings. The summed E-state index contributed by atoms with van der Waals surface area (Å²) in [6.07, 6.45) is 0. The van der Waals surface area contributed by atoms with Gasteiger partial charge in [-0.25, -0.2) is 14.4 Å². The Morgan fingerprint density at radius 2 is 1.88 bits per heavy atom. The zero-order valence-corrected chi connectivity index (χ0v) is 8.74. The second kappa shape index (κ2) is 4.25. The molecule has 0 N–H and O–H groups in total. The molecular formula is C11H5ClFN3. The van der Waals surface area contributed by atoms with Crippen LogP contribution >= 0.6 is 11.6 Å². The van der Waals surface area contributed by atoms with Gasteiger partial charge in [-0.1, -0.05) is 0 Å². The molecule has 0 spiro atoms. The van der Waals surface area contributed by atoms with E-state index in [1.165, 1.54) is 18.2 Å². The summed E-state index contributed by atoms with van der Waals surface area (Å²) in [6.45, 7) is 0. The molecule has 2 rings (SSSR count). The third-order valence-corrected chi connectivity index (χ3v) is 2.12. The number of benzene rings is 1. The maximum Gasteiger partial charge on any atom is 0.224 e. The first-order valence-electron chi connectivity index (χ1n) is 4.39. The van der Waals surface area contributed by atoms with Crippen molar-refractivity contribution >= 4 is 11.6 Å². The summed E-state index contributed by atoms with van der Waals surface area (Å²) in [5.41, 5.74) is 1.36. The topological polar surface area (TPSA) is 49.6 Å². The molecule has 1 aromatic carbocycles. The molecule has 0 unspecified atom stereocenters. The molecule has 0 atom stereocenters. The molecule has 1 aromatic heterocycles. The van der Waals surface area contributed by atoms with E-state index >= 15 is 0 Å². The van der Waals surface area contributed by atoms with Gasteiger partial charge in [0.15, 0.2) is 0 Å². The van der Waals surface area contributed by atoms with Gasteiger partial charge in [-0.15, -0.1) is 0 Å². The fraction of sp³-hybridized carbons (Fsp3) is 0. The van der Waals surface area contributed by atoms with Gasteiger partial charge in [0.25, 0.3) is 0 Å². The van der Waals surface area contributed by atoms with Crippen LogP contribution in [0.5, 0.6) is 0 Å². The molecule has 0 radical (unpaired) electrons. The van der Waals surface area contributed by atoms with Crippen LogP contribution in [-0.4, -0.2) is 9.97 Å². The Balaban J connectivity index is 2.52. The molecule has 5 heteroatoms. The lowest BCUT2D eigenvalue weighted by Crippen LogP contribution is -1.91. The Bertz CT molecular complexity index is 560. The van der Waals surface area contributed by atoms with Crippen LogP contribution in [0.3, 0.4) is 0 Å². The Morgan fingerprint density at radius 3 is 2.50 bits per heavy atom. The van der Waals surface area contributed by atoms with Crippen LogP contribution in [0.15, 0.2) is 30.3 Å². The third kappa shape index (κ3) is 2.15. The van der Waals surface area contributed by atoms with Crippen LogP contribution in [0.2, 0.25) is 5.28 Å². The van der Waals surface area contributed by atoms with Gasteiger partial charge in [0.2, 0.25) is 5.28 Å². The minimum atomic E-state index is -0.329. The smallest absolute Gasteiger partial charge is 0.218 e. The number of halogens is 2. The molecule has 0 fully saturated rings. The van der Waals surface area contributed by atoms with Crippen molar-refractivity contribution in [2.75, 3.05) is 0 Å². The first-order chi connectivity index (χ1) is 7.69.